The summed E-state index contributed by atoms with van der Waals surface area (Å²) < 4.78 is 0. The number of benzene rings is 1. The van der Waals surface area contributed by atoms with Gasteiger partial charge in [0, 0.05) is 17.8 Å². The van der Waals surface area contributed by atoms with Crippen molar-refractivity contribution in [2.45, 2.75) is 46.5 Å². The first-order valence-corrected chi connectivity index (χ1v) is 6.10. The van der Waals surface area contributed by atoms with Crippen LogP contribution in [0.2, 0.25) is 0 Å². The Bertz CT molecular complexity index is 433. The summed E-state index contributed by atoms with van der Waals surface area (Å²) in [6, 6.07) is 6.44. The molecule has 0 aromatic heterocycles. The van der Waals surface area contributed by atoms with Gasteiger partial charge in [-0.1, -0.05) is 32.0 Å². The van der Waals surface area contributed by atoms with Crippen LogP contribution in [-0.2, 0) is 4.79 Å². The van der Waals surface area contributed by atoms with Gasteiger partial charge in [-0.05, 0) is 37.0 Å². The second kappa shape index (κ2) is 3.73. The molecule has 1 aliphatic rings. The van der Waals surface area contributed by atoms with Gasteiger partial charge >= 0.3 is 0 Å². The highest BCUT2D eigenvalue weighted by molar-refractivity contribution is 5.93. The van der Waals surface area contributed by atoms with Gasteiger partial charge in [0.1, 0.15) is 5.78 Å². The van der Waals surface area contributed by atoms with Crippen LogP contribution < -0.4 is 0 Å². The van der Waals surface area contributed by atoms with Gasteiger partial charge in [0.05, 0.1) is 0 Å². The molecule has 0 heterocycles. The van der Waals surface area contributed by atoms with E-state index in [9.17, 15) is 4.79 Å². The molecule has 0 bridgehead atoms. The van der Waals surface area contributed by atoms with Crippen molar-refractivity contribution in [3.05, 3.63) is 34.9 Å². The van der Waals surface area contributed by atoms with E-state index < -0.39 is 0 Å². The lowest BCUT2D eigenvalue weighted by Gasteiger charge is -2.46. The molecule has 0 aliphatic heterocycles. The second-order valence-electron chi connectivity index (χ2n) is 5.24. The van der Waals surface area contributed by atoms with Gasteiger partial charge in [-0.3, -0.25) is 4.79 Å². The molecule has 0 radical (unpaired) electrons. The Kier molecular flexibility index (Phi) is 2.65. The quantitative estimate of drug-likeness (QED) is 0.735. The number of Topliss-reactive ketones (excluding diaryl/α,β-unsaturated/α-hetero) is 1. The highest BCUT2D eigenvalue weighted by atomic mass is 16.1. The number of hydrogen-bond donors (Lipinski definition) is 0. The van der Waals surface area contributed by atoms with Crippen molar-refractivity contribution in [1.82, 2.24) is 0 Å². The summed E-state index contributed by atoms with van der Waals surface area (Å²) in [5, 5.41) is 0. The van der Waals surface area contributed by atoms with Crippen LogP contribution in [0.1, 0.15) is 49.3 Å². The van der Waals surface area contributed by atoms with Gasteiger partial charge < -0.3 is 0 Å². The third kappa shape index (κ3) is 1.41. The summed E-state index contributed by atoms with van der Waals surface area (Å²) in [5.74, 6) is 0.866. The van der Waals surface area contributed by atoms with E-state index in [0.717, 1.165) is 12.8 Å². The van der Waals surface area contributed by atoms with E-state index in [-0.39, 0.29) is 5.41 Å². The third-order valence-electron chi connectivity index (χ3n) is 4.55. The molecule has 16 heavy (non-hydrogen) atoms. The molecule has 1 nitrogen and oxygen atoms in total. The summed E-state index contributed by atoms with van der Waals surface area (Å²) in [5.41, 5.74) is 3.96. The van der Waals surface area contributed by atoms with E-state index in [2.05, 4.69) is 45.9 Å². The van der Waals surface area contributed by atoms with E-state index in [1.165, 1.54) is 16.7 Å². The average molecular weight is 216 g/mol. The predicted octanol–water partition coefficient (Wildman–Crippen LogP) is 3.78. The van der Waals surface area contributed by atoms with Crippen molar-refractivity contribution in [3.8, 4) is 0 Å². The SMILES string of the molecule is CCC1(C)C(=O)CC1c1cccc(C)c1C. The van der Waals surface area contributed by atoms with E-state index in [0.29, 0.717) is 11.7 Å². The molecule has 1 fully saturated rings. The summed E-state index contributed by atoms with van der Waals surface area (Å²) in [4.78, 5) is 11.8. The Hall–Kier alpha value is -1.11. The predicted molar refractivity (Wildman–Crippen MR) is 66.7 cm³/mol. The molecule has 1 aliphatic carbocycles. The average Bonchev–Trinajstić information content (AvgIpc) is 2.29. The van der Waals surface area contributed by atoms with Gasteiger partial charge in [0.25, 0.3) is 0 Å². The largest absolute Gasteiger partial charge is 0.299 e. The van der Waals surface area contributed by atoms with Gasteiger partial charge in [-0.15, -0.1) is 0 Å². The van der Waals surface area contributed by atoms with Gasteiger partial charge in [0.2, 0.25) is 0 Å². The Balaban J connectivity index is 2.40. The maximum absolute atomic E-state index is 11.8. The van der Waals surface area contributed by atoms with E-state index >= 15 is 0 Å². The molecule has 2 unspecified atom stereocenters. The number of hydrogen-bond acceptors (Lipinski definition) is 1. The van der Waals surface area contributed by atoms with Crippen LogP contribution in [0, 0.1) is 19.3 Å². The van der Waals surface area contributed by atoms with Crippen LogP contribution in [0.4, 0.5) is 0 Å². The lowest BCUT2D eigenvalue weighted by atomic mass is 9.56. The Morgan fingerprint density at radius 3 is 2.62 bits per heavy atom. The number of rotatable bonds is 2. The summed E-state index contributed by atoms with van der Waals surface area (Å²) >= 11 is 0. The number of carbonyl (C=O) groups excluding carboxylic acids is 1. The minimum Gasteiger partial charge on any atom is -0.299 e. The maximum Gasteiger partial charge on any atom is 0.140 e. The molecule has 0 N–H and O–H groups in total. The van der Waals surface area contributed by atoms with Crippen molar-refractivity contribution >= 4 is 5.78 Å². The van der Waals surface area contributed by atoms with Crippen LogP contribution in [0.3, 0.4) is 0 Å². The van der Waals surface area contributed by atoms with E-state index in [4.69, 9.17) is 0 Å². The summed E-state index contributed by atoms with van der Waals surface area (Å²) in [7, 11) is 0. The fourth-order valence-electron chi connectivity index (χ4n) is 2.76. The van der Waals surface area contributed by atoms with Crippen molar-refractivity contribution in [2.24, 2.45) is 5.41 Å². The second-order valence-corrected chi connectivity index (χ2v) is 5.24. The monoisotopic (exact) mass is 216 g/mol. The molecular formula is C15H20O. The molecule has 1 saturated carbocycles. The first kappa shape index (κ1) is 11.4. The van der Waals surface area contributed by atoms with E-state index in [1.807, 2.05) is 0 Å². The molecule has 2 atom stereocenters. The number of ketones is 1. The molecule has 1 aromatic rings. The smallest absolute Gasteiger partial charge is 0.140 e. The lowest BCUT2D eigenvalue weighted by molar-refractivity contribution is -0.139. The normalized spacial score (nSPS) is 29.0. The molecule has 1 aromatic carbocycles. The molecule has 1 heteroatoms. The number of aryl methyl sites for hydroxylation is 1. The zero-order valence-corrected chi connectivity index (χ0v) is 10.6. The zero-order valence-electron chi connectivity index (χ0n) is 10.6. The Labute approximate surface area is 97.9 Å². The molecule has 0 amide bonds. The molecule has 0 spiro atoms. The molecule has 0 saturated heterocycles. The first-order valence-electron chi connectivity index (χ1n) is 6.10. The van der Waals surface area contributed by atoms with Crippen molar-refractivity contribution < 1.29 is 4.79 Å². The third-order valence-corrected chi connectivity index (χ3v) is 4.55. The Morgan fingerprint density at radius 2 is 2.06 bits per heavy atom. The van der Waals surface area contributed by atoms with Crippen LogP contribution in [0.15, 0.2) is 18.2 Å². The highest BCUT2D eigenvalue weighted by Gasteiger charge is 2.50. The summed E-state index contributed by atoms with van der Waals surface area (Å²) in [6.45, 7) is 8.55. The fraction of sp³-hybridized carbons (Fsp3) is 0.533. The van der Waals surface area contributed by atoms with E-state index in [1.54, 1.807) is 0 Å². The van der Waals surface area contributed by atoms with Crippen molar-refractivity contribution in [3.63, 3.8) is 0 Å². The topological polar surface area (TPSA) is 17.1 Å². The fourth-order valence-corrected chi connectivity index (χ4v) is 2.76. The van der Waals surface area contributed by atoms with Crippen LogP contribution in [0.25, 0.3) is 0 Å². The van der Waals surface area contributed by atoms with Gasteiger partial charge in [-0.2, -0.15) is 0 Å². The van der Waals surface area contributed by atoms with Crippen LogP contribution >= 0.6 is 0 Å². The van der Waals surface area contributed by atoms with Crippen molar-refractivity contribution in [2.75, 3.05) is 0 Å². The highest BCUT2D eigenvalue weighted by Crippen LogP contribution is 2.52. The molecule has 86 valence electrons. The van der Waals surface area contributed by atoms with Crippen LogP contribution in [0.5, 0.6) is 0 Å². The lowest BCUT2D eigenvalue weighted by Crippen LogP contribution is -2.45. The summed E-state index contributed by atoms with van der Waals surface area (Å²) in [6.07, 6.45) is 1.68. The minimum atomic E-state index is -0.113. The van der Waals surface area contributed by atoms with Crippen molar-refractivity contribution in [1.29, 1.82) is 0 Å². The minimum absolute atomic E-state index is 0.113. The van der Waals surface area contributed by atoms with Crippen LogP contribution in [-0.4, -0.2) is 5.78 Å². The van der Waals surface area contributed by atoms with Gasteiger partial charge in [0.15, 0.2) is 0 Å². The standard InChI is InChI=1S/C15H20O/c1-5-15(4)13(9-14(15)16)12-8-6-7-10(2)11(12)3/h6-8,13H,5,9H2,1-4H3. The maximum atomic E-state index is 11.8. The zero-order chi connectivity index (χ0) is 11.9. The number of carbonyl (C=O) groups is 1. The molecular weight excluding hydrogens is 196 g/mol. The molecule has 2 rings (SSSR count). The van der Waals surface area contributed by atoms with Gasteiger partial charge in [-0.25, -0.2) is 0 Å². The first-order chi connectivity index (χ1) is 7.50. The Morgan fingerprint density at radius 1 is 1.38 bits per heavy atom.